The van der Waals surface area contributed by atoms with E-state index < -0.39 is 7.14 Å². The first kappa shape index (κ1) is 10.9. The lowest BCUT2D eigenvalue weighted by Crippen LogP contribution is -2.03. The van der Waals surface area contributed by atoms with Crippen LogP contribution in [-0.4, -0.2) is 19.9 Å². The zero-order valence-corrected chi connectivity index (χ0v) is 11.0. The lowest BCUT2D eigenvalue weighted by Gasteiger charge is -2.09. The van der Waals surface area contributed by atoms with Crippen molar-refractivity contribution >= 4 is 23.2 Å². The van der Waals surface area contributed by atoms with Crippen molar-refractivity contribution in [3.8, 4) is 5.75 Å². The molecule has 1 unspecified atom stereocenters. The fourth-order valence-corrected chi connectivity index (χ4v) is 4.72. The number of rotatable bonds is 1. The molecule has 0 saturated heterocycles. The highest BCUT2D eigenvalue weighted by Gasteiger charge is 2.29. The van der Waals surface area contributed by atoms with E-state index in [4.69, 9.17) is 4.74 Å². The van der Waals surface area contributed by atoms with E-state index in [9.17, 15) is 4.57 Å². The molecule has 0 aliphatic carbocycles. The van der Waals surface area contributed by atoms with Crippen molar-refractivity contribution in [2.45, 2.75) is 6.42 Å². The van der Waals surface area contributed by atoms with Gasteiger partial charge in [-0.2, -0.15) is 0 Å². The SMILES string of the molecule is COc1ccc2c3c(ccc2c1)P(C)(=O)CC3. The summed E-state index contributed by atoms with van der Waals surface area (Å²) in [6.45, 7) is 1.90. The molecule has 88 valence electrons. The van der Waals surface area contributed by atoms with Crippen LogP contribution >= 0.6 is 7.14 Å². The molecule has 0 saturated carbocycles. The smallest absolute Gasteiger partial charge is 0.119 e. The van der Waals surface area contributed by atoms with Crippen molar-refractivity contribution in [3.05, 3.63) is 35.9 Å². The molecular weight excluding hydrogens is 231 g/mol. The molecule has 0 amide bonds. The molecule has 0 aromatic heterocycles. The summed E-state index contributed by atoms with van der Waals surface area (Å²) in [5.74, 6) is 0.870. The van der Waals surface area contributed by atoms with Gasteiger partial charge >= 0.3 is 0 Å². The third-order valence-corrected chi connectivity index (χ3v) is 6.13. The monoisotopic (exact) mass is 246 g/mol. The van der Waals surface area contributed by atoms with Crippen LogP contribution in [0.25, 0.3) is 10.8 Å². The maximum atomic E-state index is 12.4. The van der Waals surface area contributed by atoms with Crippen molar-refractivity contribution < 1.29 is 9.30 Å². The van der Waals surface area contributed by atoms with Crippen LogP contribution in [0.5, 0.6) is 5.75 Å². The largest absolute Gasteiger partial charge is 0.497 e. The Morgan fingerprint density at radius 3 is 2.82 bits per heavy atom. The molecule has 1 atom stereocenters. The number of fused-ring (bicyclic) bond motifs is 3. The third kappa shape index (κ3) is 1.59. The molecule has 2 aromatic carbocycles. The average molecular weight is 246 g/mol. The van der Waals surface area contributed by atoms with Gasteiger partial charge in [0.05, 0.1) is 7.11 Å². The molecule has 1 aliphatic rings. The molecule has 3 heteroatoms. The van der Waals surface area contributed by atoms with Gasteiger partial charge in [-0.3, -0.25) is 0 Å². The first-order chi connectivity index (χ1) is 8.12. The predicted molar refractivity (Wildman–Crippen MR) is 72.2 cm³/mol. The molecule has 3 rings (SSSR count). The summed E-state index contributed by atoms with van der Waals surface area (Å²) in [6, 6.07) is 10.2. The Balaban J connectivity index is 2.31. The second-order valence-electron chi connectivity index (χ2n) is 4.72. The van der Waals surface area contributed by atoms with Crippen LogP contribution in [0.15, 0.2) is 30.3 Å². The Labute approximate surface area is 101 Å². The summed E-state index contributed by atoms with van der Waals surface area (Å²) in [5, 5.41) is 3.48. The van der Waals surface area contributed by atoms with Crippen LogP contribution < -0.4 is 10.0 Å². The van der Waals surface area contributed by atoms with Crippen LogP contribution in [0.1, 0.15) is 5.56 Å². The second kappa shape index (κ2) is 3.61. The first-order valence-electron chi connectivity index (χ1n) is 5.78. The van der Waals surface area contributed by atoms with Gasteiger partial charge in [0.2, 0.25) is 0 Å². The zero-order chi connectivity index (χ0) is 12.0. The van der Waals surface area contributed by atoms with Gasteiger partial charge in [-0.05, 0) is 41.6 Å². The van der Waals surface area contributed by atoms with E-state index in [1.54, 1.807) is 7.11 Å². The van der Waals surface area contributed by atoms with Crippen LogP contribution in [0, 0.1) is 0 Å². The maximum Gasteiger partial charge on any atom is 0.119 e. The Bertz CT molecular complexity index is 646. The molecule has 2 aromatic rings. The lowest BCUT2D eigenvalue weighted by atomic mass is 10.0. The Morgan fingerprint density at radius 2 is 2.06 bits per heavy atom. The minimum Gasteiger partial charge on any atom is -0.497 e. The maximum absolute atomic E-state index is 12.4. The van der Waals surface area contributed by atoms with Gasteiger partial charge < -0.3 is 9.30 Å². The lowest BCUT2D eigenvalue weighted by molar-refractivity contribution is 0.415. The number of hydrogen-bond acceptors (Lipinski definition) is 2. The van der Waals surface area contributed by atoms with E-state index in [0.717, 1.165) is 23.6 Å². The average Bonchev–Trinajstić information content (AvgIpc) is 2.65. The van der Waals surface area contributed by atoms with E-state index in [0.29, 0.717) is 0 Å². The van der Waals surface area contributed by atoms with E-state index in [-0.39, 0.29) is 0 Å². The second-order valence-corrected chi connectivity index (χ2v) is 7.86. The molecule has 17 heavy (non-hydrogen) atoms. The van der Waals surface area contributed by atoms with Gasteiger partial charge in [0, 0.05) is 11.5 Å². The molecule has 2 nitrogen and oxygen atoms in total. The van der Waals surface area contributed by atoms with E-state index in [1.165, 1.54) is 16.3 Å². The van der Waals surface area contributed by atoms with E-state index in [2.05, 4.69) is 12.1 Å². The molecule has 0 radical (unpaired) electrons. The summed E-state index contributed by atoms with van der Waals surface area (Å²) in [6.07, 6.45) is 1.75. The van der Waals surface area contributed by atoms with Crippen LogP contribution in [0.4, 0.5) is 0 Å². The summed E-state index contributed by atoms with van der Waals surface area (Å²) in [4.78, 5) is 0. The normalized spacial score (nSPS) is 22.7. The summed E-state index contributed by atoms with van der Waals surface area (Å²) in [5.41, 5.74) is 1.27. The fraction of sp³-hybridized carbons (Fsp3) is 0.286. The number of ether oxygens (including phenoxy) is 1. The minimum absolute atomic E-state index is 0.813. The van der Waals surface area contributed by atoms with Crippen LogP contribution in [-0.2, 0) is 11.0 Å². The van der Waals surface area contributed by atoms with Crippen LogP contribution in [0.3, 0.4) is 0 Å². The molecule has 1 heterocycles. The van der Waals surface area contributed by atoms with Crippen molar-refractivity contribution in [2.75, 3.05) is 19.9 Å². The highest BCUT2D eigenvalue weighted by molar-refractivity contribution is 7.71. The van der Waals surface area contributed by atoms with Gasteiger partial charge in [0.15, 0.2) is 0 Å². The first-order valence-corrected chi connectivity index (χ1v) is 8.12. The molecular formula is C14H15O2P. The molecule has 0 fully saturated rings. The van der Waals surface area contributed by atoms with E-state index >= 15 is 0 Å². The number of hydrogen-bond donors (Lipinski definition) is 0. The minimum atomic E-state index is -2.09. The highest BCUT2D eigenvalue weighted by Crippen LogP contribution is 2.48. The Hall–Kier alpha value is -1.27. The fourth-order valence-electron chi connectivity index (χ4n) is 2.64. The van der Waals surface area contributed by atoms with Gasteiger partial charge in [0.25, 0.3) is 0 Å². The van der Waals surface area contributed by atoms with Crippen molar-refractivity contribution in [1.82, 2.24) is 0 Å². The summed E-state index contributed by atoms with van der Waals surface area (Å²) >= 11 is 0. The molecule has 0 spiro atoms. The van der Waals surface area contributed by atoms with Gasteiger partial charge in [-0.1, -0.05) is 18.2 Å². The third-order valence-electron chi connectivity index (χ3n) is 3.61. The van der Waals surface area contributed by atoms with Gasteiger partial charge in [-0.15, -0.1) is 0 Å². The van der Waals surface area contributed by atoms with Gasteiger partial charge in [0.1, 0.15) is 12.9 Å². The van der Waals surface area contributed by atoms with Gasteiger partial charge in [-0.25, -0.2) is 0 Å². The standard InChI is InChI=1S/C14H15O2P/c1-16-11-4-5-12-10(9-11)3-6-14-13(12)7-8-17(14,2)15/h3-6,9H,7-8H2,1-2H3. The van der Waals surface area contributed by atoms with E-state index in [1.807, 2.05) is 24.9 Å². The number of methoxy groups -OCH3 is 1. The predicted octanol–water partition coefficient (Wildman–Crippen LogP) is 3.02. The summed E-state index contributed by atoms with van der Waals surface area (Å²) in [7, 11) is -0.412. The summed E-state index contributed by atoms with van der Waals surface area (Å²) < 4.78 is 17.6. The highest BCUT2D eigenvalue weighted by atomic mass is 31.2. The Morgan fingerprint density at radius 1 is 1.24 bits per heavy atom. The van der Waals surface area contributed by atoms with Crippen molar-refractivity contribution in [1.29, 1.82) is 0 Å². The molecule has 1 aliphatic heterocycles. The molecule has 0 N–H and O–H groups in total. The van der Waals surface area contributed by atoms with Crippen LogP contribution in [0.2, 0.25) is 0 Å². The molecule has 0 bridgehead atoms. The zero-order valence-electron chi connectivity index (χ0n) is 10.1. The van der Waals surface area contributed by atoms with Crippen molar-refractivity contribution in [3.63, 3.8) is 0 Å². The quantitative estimate of drug-likeness (QED) is 0.723. The number of benzene rings is 2. The van der Waals surface area contributed by atoms with Crippen molar-refractivity contribution in [2.24, 2.45) is 0 Å². The Kier molecular flexibility index (Phi) is 2.31. The number of aryl methyl sites for hydroxylation is 1. The topological polar surface area (TPSA) is 26.3 Å².